The lowest BCUT2D eigenvalue weighted by atomic mass is 10.1. The summed E-state index contributed by atoms with van der Waals surface area (Å²) in [5.74, 6) is 0.503. The number of amides is 2. The van der Waals surface area contributed by atoms with Gasteiger partial charge in [0, 0.05) is 19.2 Å². The first-order valence-corrected chi connectivity index (χ1v) is 11.6. The van der Waals surface area contributed by atoms with Crippen LogP contribution in [0.3, 0.4) is 0 Å². The van der Waals surface area contributed by atoms with Gasteiger partial charge in [0.1, 0.15) is 11.5 Å². The van der Waals surface area contributed by atoms with E-state index in [2.05, 4.69) is 15.4 Å². The molecule has 0 fully saturated rings. The lowest BCUT2D eigenvalue weighted by molar-refractivity contribution is -0.114. The Morgan fingerprint density at radius 2 is 1.62 bits per heavy atom. The molecule has 32 heavy (non-hydrogen) atoms. The summed E-state index contributed by atoms with van der Waals surface area (Å²) < 4.78 is 31.5. The summed E-state index contributed by atoms with van der Waals surface area (Å²) in [6.45, 7) is 1.53. The van der Waals surface area contributed by atoms with E-state index in [-0.39, 0.29) is 23.7 Å². The molecule has 0 spiro atoms. The minimum absolute atomic E-state index is 0.0818. The minimum atomic E-state index is -3.61. The molecule has 0 aliphatic rings. The summed E-state index contributed by atoms with van der Waals surface area (Å²) in [6.07, 6.45) is 0.995. The van der Waals surface area contributed by atoms with Crippen LogP contribution >= 0.6 is 0 Å². The average Bonchev–Trinajstić information content (AvgIpc) is 2.73. The highest BCUT2D eigenvalue weighted by Gasteiger charge is 2.16. The Kier molecular flexibility index (Phi) is 7.11. The van der Waals surface area contributed by atoms with Crippen molar-refractivity contribution < 1.29 is 22.7 Å². The van der Waals surface area contributed by atoms with Gasteiger partial charge in [-0.3, -0.25) is 14.3 Å². The molecule has 0 heterocycles. The third kappa shape index (κ3) is 6.85. The summed E-state index contributed by atoms with van der Waals surface area (Å²) in [6, 6.07) is 20.9. The predicted octanol–water partition coefficient (Wildman–Crippen LogP) is 3.74. The van der Waals surface area contributed by atoms with Gasteiger partial charge in [-0.05, 0) is 48.0 Å². The number of benzene rings is 3. The van der Waals surface area contributed by atoms with Crippen molar-refractivity contribution in [3.63, 3.8) is 0 Å². The molecule has 0 aliphatic heterocycles. The van der Waals surface area contributed by atoms with Crippen LogP contribution in [0.15, 0.2) is 72.8 Å². The molecule has 9 heteroatoms. The number of carbonyl (C=O) groups is 2. The quantitative estimate of drug-likeness (QED) is 0.481. The highest BCUT2D eigenvalue weighted by atomic mass is 32.2. The zero-order chi connectivity index (χ0) is 23.1. The van der Waals surface area contributed by atoms with Gasteiger partial charge in [0.05, 0.1) is 17.5 Å². The molecule has 166 valence electrons. The zero-order valence-corrected chi connectivity index (χ0v) is 18.4. The molecule has 3 rings (SSSR count). The number of carbonyl (C=O) groups excluding carboxylic acids is 2. The van der Waals surface area contributed by atoms with Crippen LogP contribution in [0.1, 0.15) is 22.8 Å². The van der Waals surface area contributed by atoms with E-state index < -0.39 is 15.9 Å². The number of ether oxygens (including phenoxy) is 1. The summed E-state index contributed by atoms with van der Waals surface area (Å²) in [4.78, 5) is 24.2. The minimum Gasteiger partial charge on any atom is -0.457 e. The van der Waals surface area contributed by atoms with Gasteiger partial charge in [-0.1, -0.05) is 30.3 Å². The van der Waals surface area contributed by atoms with E-state index in [4.69, 9.17) is 4.74 Å². The van der Waals surface area contributed by atoms with Crippen molar-refractivity contribution in [2.75, 3.05) is 16.3 Å². The van der Waals surface area contributed by atoms with Crippen LogP contribution in [0.25, 0.3) is 0 Å². The molecule has 0 aromatic heterocycles. The molecule has 3 aromatic carbocycles. The molecular formula is C23H23N3O5S. The first-order valence-electron chi connectivity index (χ1n) is 9.69. The van der Waals surface area contributed by atoms with E-state index in [0.717, 1.165) is 11.8 Å². The van der Waals surface area contributed by atoms with Crippen LogP contribution in [0.2, 0.25) is 0 Å². The molecule has 3 N–H and O–H groups in total. The third-order valence-electron chi connectivity index (χ3n) is 4.21. The second-order valence-corrected chi connectivity index (χ2v) is 8.81. The lowest BCUT2D eigenvalue weighted by Crippen LogP contribution is -2.25. The molecule has 0 aliphatic carbocycles. The predicted molar refractivity (Wildman–Crippen MR) is 123 cm³/mol. The Bertz CT molecular complexity index is 1230. The highest BCUT2D eigenvalue weighted by Crippen LogP contribution is 2.23. The molecule has 0 saturated heterocycles. The fourth-order valence-electron chi connectivity index (χ4n) is 2.92. The van der Waals surface area contributed by atoms with Crippen LogP contribution in [-0.4, -0.2) is 26.5 Å². The number of hydrogen-bond acceptors (Lipinski definition) is 5. The Balaban J connectivity index is 1.76. The van der Waals surface area contributed by atoms with Crippen molar-refractivity contribution in [1.29, 1.82) is 0 Å². The number of sulfonamides is 1. The van der Waals surface area contributed by atoms with Gasteiger partial charge < -0.3 is 15.4 Å². The fraction of sp³-hybridized carbons (Fsp3) is 0.130. The fourth-order valence-corrected chi connectivity index (χ4v) is 3.50. The summed E-state index contributed by atoms with van der Waals surface area (Å²) in [7, 11) is -3.61. The van der Waals surface area contributed by atoms with E-state index in [9.17, 15) is 18.0 Å². The first-order chi connectivity index (χ1) is 15.2. The Morgan fingerprint density at radius 1 is 0.906 bits per heavy atom. The number of anilines is 2. The van der Waals surface area contributed by atoms with Crippen LogP contribution < -0.4 is 20.1 Å². The van der Waals surface area contributed by atoms with Crippen molar-refractivity contribution in [3.8, 4) is 11.5 Å². The van der Waals surface area contributed by atoms with Crippen LogP contribution in [0.4, 0.5) is 11.4 Å². The van der Waals surface area contributed by atoms with E-state index in [1.807, 2.05) is 48.5 Å². The van der Waals surface area contributed by atoms with Gasteiger partial charge in [-0.15, -0.1) is 0 Å². The second-order valence-electron chi connectivity index (χ2n) is 7.06. The summed E-state index contributed by atoms with van der Waals surface area (Å²) in [5, 5.41) is 5.35. The third-order valence-corrected chi connectivity index (χ3v) is 4.80. The van der Waals surface area contributed by atoms with Gasteiger partial charge in [0.15, 0.2) is 0 Å². The molecule has 0 radical (unpaired) electrons. The van der Waals surface area contributed by atoms with Crippen molar-refractivity contribution in [2.24, 2.45) is 0 Å². The topological polar surface area (TPSA) is 114 Å². The summed E-state index contributed by atoms with van der Waals surface area (Å²) in [5.41, 5.74) is 1.36. The summed E-state index contributed by atoms with van der Waals surface area (Å²) >= 11 is 0. The molecule has 3 aromatic rings. The Hall–Kier alpha value is -3.85. The van der Waals surface area contributed by atoms with Crippen LogP contribution in [0.5, 0.6) is 11.5 Å². The molecule has 0 atom stereocenters. The Labute approximate surface area is 186 Å². The molecule has 2 amide bonds. The molecule has 8 nitrogen and oxygen atoms in total. The standard InChI is InChI=1S/C23H23N3O5S/c1-16(27)25-18-11-12-22(26-32(2,29)30)21(14-18)23(28)24-15-17-7-6-10-20(13-17)31-19-8-4-3-5-9-19/h3-14,26H,15H2,1-2H3,(H,24,28)(H,25,27). The highest BCUT2D eigenvalue weighted by molar-refractivity contribution is 7.92. The Morgan fingerprint density at radius 3 is 2.31 bits per heavy atom. The normalized spacial score (nSPS) is 10.8. The van der Waals surface area contributed by atoms with Gasteiger partial charge >= 0.3 is 0 Å². The maximum atomic E-state index is 12.8. The largest absolute Gasteiger partial charge is 0.457 e. The number of nitrogens with one attached hydrogen (secondary N) is 3. The van der Waals surface area contributed by atoms with Crippen molar-refractivity contribution in [1.82, 2.24) is 5.32 Å². The van der Waals surface area contributed by atoms with Gasteiger partial charge in [0.25, 0.3) is 5.91 Å². The van der Waals surface area contributed by atoms with Crippen molar-refractivity contribution in [3.05, 3.63) is 83.9 Å². The number of hydrogen-bond donors (Lipinski definition) is 3. The van der Waals surface area contributed by atoms with E-state index in [1.54, 1.807) is 6.07 Å². The maximum Gasteiger partial charge on any atom is 0.253 e. The van der Waals surface area contributed by atoms with E-state index in [1.165, 1.54) is 25.1 Å². The van der Waals surface area contributed by atoms with E-state index >= 15 is 0 Å². The molecular weight excluding hydrogens is 430 g/mol. The molecule has 0 saturated carbocycles. The first kappa shape index (κ1) is 22.8. The zero-order valence-electron chi connectivity index (χ0n) is 17.6. The van der Waals surface area contributed by atoms with Crippen LogP contribution in [-0.2, 0) is 21.4 Å². The second kappa shape index (κ2) is 9.97. The SMILES string of the molecule is CC(=O)Nc1ccc(NS(C)(=O)=O)c(C(=O)NCc2cccc(Oc3ccccc3)c2)c1. The van der Waals surface area contributed by atoms with Gasteiger partial charge in [-0.25, -0.2) is 8.42 Å². The van der Waals surface area contributed by atoms with E-state index in [0.29, 0.717) is 17.2 Å². The van der Waals surface area contributed by atoms with Gasteiger partial charge in [-0.2, -0.15) is 0 Å². The maximum absolute atomic E-state index is 12.8. The number of para-hydroxylation sites is 1. The smallest absolute Gasteiger partial charge is 0.253 e. The monoisotopic (exact) mass is 453 g/mol. The lowest BCUT2D eigenvalue weighted by Gasteiger charge is -2.14. The van der Waals surface area contributed by atoms with Crippen molar-refractivity contribution in [2.45, 2.75) is 13.5 Å². The molecule has 0 unspecified atom stereocenters. The average molecular weight is 454 g/mol. The number of rotatable bonds is 8. The molecule has 0 bridgehead atoms. The van der Waals surface area contributed by atoms with Crippen molar-refractivity contribution >= 4 is 33.2 Å². The van der Waals surface area contributed by atoms with Gasteiger partial charge in [0.2, 0.25) is 15.9 Å². The van der Waals surface area contributed by atoms with Crippen LogP contribution in [0, 0.1) is 0 Å².